The minimum absolute atomic E-state index is 0.375. The van der Waals surface area contributed by atoms with E-state index in [1.54, 1.807) is 0 Å². The van der Waals surface area contributed by atoms with Crippen molar-refractivity contribution < 1.29 is 25.2 Å². The van der Waals surface area contributed by atoms with Gasteiger partial charge in [-0.15, -0.1) is 0 Å². The lowest BCUT2D eigenvalue weighted by Crippen LogP contribution is -2.53. The number of hydrogen-bond donors (Lipinski definition) is 5. The van der Waals surface area contributed by atoms with Crippen molar-refractivity contribution >= 4 is 5.91 Å². The molecule has 6 nitrogen and oxygen atoms in total. The van der Waals surface area contributed by atoms with Crippen LogP contribution in [0.15, 0.2) is 0 Å². The molecule has 5 N–H and O–H groups in total. The Labute approximate surface area is 375 Å². The predicted molar refractivity (Wildman–Crippen MR) is 261 cm³/mol. The molecule has 0 aromatic carbocycles. The first-order valence-electron chi connectivity index (χ1n) is 27.4. The van der Waals surface area contributed by atoms with Crippen LogP contribution in [0, 0.1) is 0 Å². The molecule has 360 valence electrons. The molecule has 0 aliphatic rings. The van der Waals surface area contributed by atoms with Crippen molar-refractivity contribution in [1.29, 1.82) is 0 Å². The number of carbonyl (C=O) groups excluding carboxylic acids is 1. The fourth-order valence-corrected chi connectivity index (χ4v) is 9.00. The number of nitrogens with one attached hydrogen (secondary N) is 1. The Kier molecular flexibility index (Phi) is 48.8. The Morgan fingerprint density at radius 1 is 0.350 bits per heavy atom. The molecule has 0 spiro atoms. The molecule has 0 radical (unpaired) electrons. The Morgan fingerprint density at radius 3 is 0.800 bits per heavy atom. The van der Waals surface area contributed by atoms with E-state index in [9.17, 15) is 25.2 Å². The summed E-state index contributed by atoms with van der Waals surface area (Å²) in [5.74, 6) is -0.578. The average molecular weight is 852 g/mol. The van der Waals surface area contributed by atoms with Gasteiger partial charge < -0.3 is 25.7 Å². The number of hydrogen-bond acceptors (Lipinski definition) is 5. The van der Waals surface area contributed by atoms with Gasteiger partial charge in [0.15, 0.2) is 0 Å². The summed E-state index contributed by atoms with van der Waals surface area (Å²) in [6.07, 6.45) is 56.0. The van der Waals surface area contributed by atoms with Crippen molar-refractivity contribution in [2.75, 3.05) is 6.61 Å². The van der Waals surface area contributed by atoms with E-state index in [0.717, 1.165) is 38.5 Å². The van der Waals surface area contributed by atoms with E-state index < -0.39 is 36.9 Å². The van der Waals surface area contributed by atoms with Crippen molar-refractivity contribution in [2.45, 2.75) is 334 Å². The van der Waals surface area contributed by atoms with Gasteiger partial charge in [0.2, 0.25) is 5.91 Å². The fraction of sp³-hybridized carbons (Fsp3) is 0.981. The SMILES string of the molecule is CCCCCCCCCCCCCCCCCCCCCCCCCCCCCCCCC(O)C(O)C(CO)NC(=O)C(O)CCCCCCCCCCCCCCCC. The molecule has 4 atom stereocenters. The van der Waals surface area contributed by atoms with Gasteiger partial charge in [0, 0.05) is 0 Å². The van der Waals surface area contributed by atoms with Crippen LogP contribution in [0.25, 0.3) is 0 Å². The van der Waals surface area contributed by atoms with Crippen LogP contribution in [-0.4, -0.2) is 57.3 Å². The van der Waals surface area contributed by atoms with Crippen LogP contribution in [0.5, 0.6) is 0 Å². The summed E-state index contributed by atoms with van der Waals surface area (Å²) < 4.78 is 0. The maximum atomic E-state index is 12.5. The zero-order valence-corrected chi connectivity index (χ0v) is 40.7. The van der Waals surface area contributed by atoms with Gasteiger partial charge in [-0.1, -0.05) is 296 Å². The largest absolute Gasteiger partial charge is 0.394 e. The zero-order valence-electron chi connectivity index (χ0n) is 40.7. The first-order valence-corrected chi connectivity index (χ1v) is 27.4. The van der Waals surface area contributed by atoms with Gasteiger partial charge in [-0.25, -0.2) is 0 Å². The van der Waals surface area contributed by atoms with Crippen LogP contribution in [0.2, 0.25) is 0 Å². The molecule has 6 heteroatoms. The Bertz CT molecular complexity index is 826. The monoisotopic (exact) mass is 852 g/mol. The van der Waals surface area contributed by atoms with Gasteiger partial charge in [0.05, 0.1) is 18.8 Å². The topological polar surface area (TPSA) is 110 Å². The van der Waals surface area contributed by atoms with Crippen molar-refractivity contribution in [3.8, 4) is 0 Å². The highest BCUT2D eigenvalue weighted by Crippen LogP contribution is 2.19. The molecule has 0 heterocycles. The minimum Gasteiger partial charge on any atom is -0.394 e. The van der Waals surface area contributed by atoms with E-state index in [0.29, 0.717) is 12.8 Å². The number of rotatable bonds is 51. The second-order valence-corrected chi connectivity index (χ2v) is 19.3. The molecular formula is C54H109NO5. The van der Waals surface area contributed by atoms with Crippen LogP contribution in [0.4, 0.5) is 0 Å². The molecule has 0 aromatic rings. The second-order valence-electron chi connectivity index (χ2n) is 19.3. The fourth-order valence-electron chi connectivity index (χ4n) is 9.00. The molecule has 0 rings (SSSR count). The number of amides is 1. The van der Waals surface area contributed by atoms with Gasteiger partial charge in [-0.3, -0.25) is 4.79 Å². The molecule has 0 aliphatic heterocycles. The van der Waals surface area contributed by atoms with E-state index in [1.807, 2.05) is 0 Å². The van der Waals surface area contributed by atoms with Crippen molar-refractivity contribution in [3.63, 3.8) is 0 Å². The molecular weight excluding hydrogens is 743 g/mol. The Balaban J connectivity index is 3.54. The lowest BCUT2D eigenvalue weighted by atomic mass is 9.99. The third kappa shape index (κ3) is 42.6. The highest BCUT2D eigenvalue weighted by atomic mass is 16.3. The van der Waals surface area contributed by atoms with Crippen LogP contribution >= 0.6 is 0 Å². The van der Waals surface area contributed by atoms with Gasteiger partial charge in [0.1, 0.15) is 12.2 Å². The lowest BCUT2D eigenvalue weighted by molar-refractivity contribution is -0.132. The molecule has 0 saturated carbocycles. The van der Waals surface area contributed by atoms with Crippen LogP contribution < -0.4 is 5.32 Å². The lowest BCUT2D eigenvalue weighted by Gasteiger charge is -2.27. The number of carbonyl (C=O) groups is 1. The maximum absolute atomic E-state index is 12.5. The van der Waals surface area contributed by atoms with Crippen LogP contribution in [0.1, 0.15) is 309 Å². The van der Waals surface area contributed by atoms with Crippen molar-refractivity contribution in [2.24, 2.45) is 0 Å². The number of aliphatic hydroxyl groups is 4. The van der Waals surface area contributed by atoms with Gasteiger partial charge in [-0.05, 0) is 12.8 Å². The maximum Gasteiger partial charge on any atom is 0.249 e. The van der Waals surface area contributed by atoms with E-state index >= 15 is 0 Å². The van der Waals surface area contributed by atoms with E-state index in [4.69, 9.17) is 0 Å². The van der Waals surface area contributed by atoms with Gasteiger partial charge in [0.25, 0.3) is 0 Å². The molecule has 4 unspecified atom stereocenters. The highest BCUT2D eigenvalue weighted by Gasteiger charge is 2.28. The summed E-state index contributed by atoms with van der Waals surface area (Å²) in [6.45, 7) is 4.08. The third-order valence-electron chi connectivity index (χ3n) is 13.3. The number of aliphatic hydroxyl groups excluding tert-OH is 4. The standard InChI is InChI=1S/C54H109NO5/c1-3-5-7-9-11-13-15-17-19-20-21-22-23-24-25-26-27-28-29-30-31-32-33-34-36-37-39-41-43-45-47-51(57)53(59)50(49-56)55-54(60)52(58)48-46-44-42-40-38-35-18-16-14-12-10-8-6-4-2/h50-53,56-59H,3-49H2,1-2H3,(H,55,60). The van der Waals surface area contributed by atoms with Gasteiger partial charge >= 0.3 is 0 Å². The summed E-state index contributed by atoms with van der Waals surface area (Å²) >= 11 is 0. The average Bonchev–Trinajstić information content (AvgIpc) is 3.25. The summed E-state index contributed by atoms with van der Waals surface area (Å²) in [6, 6.07) is -0.980. The summed E-state index contributed by atoms with van der Waals surface area (Å²) in [5.41, 5.74) is 0. The first kappa shape index (κ1) is 59.3. The molecule has 0 bridgehead atoms. The molecule has 0 fully saturated rings. The van der Waals surface area contributed by atoms with Gasteiger partial charge in [-0.2, -0.15) is 0 Å². The summed E-state index contributed by atoms with van der Waals surface area (Å²) in [7, 11) is 0. The summed E-state index contributed by atoms with van der Waals surface area (Å²) in [5, 5.41) is 43.9. The molecule has 0 aromatic heterocycles. The molecule has 0 saturated heterocycles. The Morgan fingerprint density at radius 2 is 0.567 bits per heavy atom. The normalized spacial score (nSPS) is 13.8. The summed E-state index contributed by atoms with van der Waals surface area (Å²) in [4.78, 5) is 12.5. The third-order valence-corrected chi connectivity index (χ3v) is 13.3. The zero-order chi connectivity index (χ0) is 43.8. The Hall–Kier alpha value is -0.690. The first-order chi connectivity index (χ1) is 29.5. The van der Waals surface area contributed by atoms with E-state index in [-0.39, 0.29) is 0 Å². The van der Waals surface area contributed by atoms with E-state index in [2.05, 4.69) is 19.2 Å². The predicted octanol–water partition coefficient (Wildman–Crippen LogP) is 15.5. The minimum atomic E-state index is -1.25. The number of unbranched alkanes of at least 4 members (excludes halogenated alkanes) is 42. The van der Waals surface area contributed by atoms with Crippen LogP contribution in [-0.2, 0) is 4.79 Å². The molecule has 60 heavy (non-hydrogen) atoms. The highest BCUT2D eigenvalue weighted by molar-refractivity contribution is 5.80. The quantitative estimate of drug-likeness (QED) is 0.0392. The van der Waals surface area contributed by atoms with Crippen molar-refractivity contribution in [3.05, 3.63) is 0 Å². The second kappa shape index (κ2) is 49.3. The van der Waals surface area contributed by atoms with E-state index in [1.165, 1.54) is 244 Å². The molecule has 0 aliphatic carbocycles. The van der Waals surface area contributed by atoms with Crippen molar-refractivity contribution in [1.82, 2.24) is 5.32 Å². The smallest absolute Gasteiger partial charge is 0.249 e. The molecule has 1 amide bonds. The van der Waals surface area contributed by atoms with Crippen LogP contribution in [0.3, 0.4) is 0 Å².